The van der Waals surface area contributed by atoms with Gasteiger partial charge >= 0.3 is 5.82 Å². The maximum absolute atomic E-state index is 12.3. The molecular weight excluding hydrogens is 334 g/mol. The zero-order chi connectivity index (χ0) is 17.9. The van der Waals surface area contributed by atoms with Crippen molar-refractivity contribution in [2.45, 2.75) is 26.9 Å². The predicted octanol–water partition coefficient (Wildman–Crippen LogP) is 3.67. The van der Waals surface area contributed by atoms with Gasteiger partial charge in [-0.3, -0.25) is 4.79 Å². The summed E-state index contributed by atoms with van der Waals surface area (Å²) in [5.41, 5.74) is 1.77. The molecule has 2 aromatic rings. The minimum absolute atomic E-state index is 0.0592. The van der Waals surface area contributed by atoms with Crippen LogP contribution in [0.25, 0.3) is 0 Å². The Balaban J connectivity index is 2.15. The summed E-state index contributed by atoms with van der Waals surface area (Å²) in [6.45, 7) is 4.91. The maximum Gasteiger partial charge on any atom is 0.406 e. The second-order valence-electron chi connectivity index (χ2n) is 5.19. The Bertz CT molecular complexity index is 795. The molecule has 1 atom stereocenters. The van der Waals surface area contributed by atoms with Gasteiger partial charge < -0.3 is 20.2 Å². The lowest BCUT2D eigenvalue weighted by atomic mass is 10.2. The summed E-state index contributed by atoms with van der Waals surface area (Å²) in [7, 11) is 0. The van der Waals surface area contributed by atoms with Crippen molar-refractivity contribution in [3.05, 3.63) is 56.7 Å². The molecule has 0 radical (unpaired) electrons. The second kappa shape index (κ2) is 7.27. The van der Waals surface area contributed by atoms with E-state index in [1.165, 1.54) is 13.0 Å². The van der Waals surface area contributed by atoms with Crippen LogP contribution in [-0.4, -0.2) is 21.9 Å². The first kappa shape index (κ1) is 17.7. The number of hydrogen-bond donors (Lipinski definition) is 1. The Morgan fingerprint density at radius 1 is 1.33 bits per heavy atom. The Labute approximate surface area is 143 Å². The molecule has 1 aromatic heterocycles. The van der Waals surface area contributed by atoms with E-state index in [1.807, 2.05) is 0 Å². The van der Waals surface area contributed by atoms with Crippen molar-refractivity contribution in [2.24, 2.45) is 0 Å². The van der Waals surface area contributed by atoms with E-state index in [2.05, 4.69) is 10.3 Å². The van der Waals surface area contributed by atoms with E-state index < -0.39 is 22.8 Å². The lowest BCUT2D eigenvalue weighted by molar-refractivity contribution is -0.390. The molecule has 0 bridgehead atoms. The zero-order valence-corrected chi connectivity index (χ0v) is 14.1. The summed E-state index contributed by atoms with van der Waals surface area (Å²) in [4.78, 5) is 26.5. The number of aryl methyl sites for hydroxylation is 1. The largest absolute Gasteiger partial charge is 0.473 e. The van der Waals surface area contributed by atoms with Gasteiger partial charge in [0.05, 0.1) is 0 Å². The SMILES string of the molecule is Cc1ccc(O[C@@H](C)C(=O)Nc2cccc(Cl)c2C)c([N+](=O)[O-])n1. The van der Waals surface area contributed by atoms with Gasteiger partial charge in [-0.05, 0) is 53.6 Å². The van der Waals surface area contributed by atoms with Crippen molar-refractivity contribution >= 4 is 29.0 Å². The number of halogens is 1. The van der Waals surface area contributed by atoms with Crippen LogP contribution in [-0.2, 0) is 4.79 Å². The highest BCUT2D eigenvalue weighted by atomic mass is 35.5. The average molecular weight is 350 g/mol. The number of amides is 1. The number of nitrogens with zero attached hydrogens (tertiary/aromatic N) is 2. The van der Waals surface area contributed by atoms with E-state index in [-0.39, 0.29) is 5.75 Å². The summed E-state index contributed by atoms with van der Waals surface area (Å²) in [5, 5.41) is 14.3. The van der Waals surface area contributed by atoms with E-state index in [4.69, 9.17) is 16.3 Å². The van der Waals surface area contributed by atoms with Crippen LogP contribution >= 0.6 is 11.6 Å². The Morgan fingerprint density at radius 2 is 2.04 bits per heavy atom. The van der Waals surface area contributed by atoms with Crippen LogP contribution in [0.4, 0.5) is 11.5 Å². The third-order valence-corrected chi connectivity index (χ3v) is 3.76. The fraction of sp³-hybridized carbons (Fsp3) is 0.250. The number of pyridine rings is 1. The molecule has 8 heteroatoms. The lowest BCUT2D eigenvalue weighted by Crippen LogP contribution is -2.30. The van der Waals surface area contributed by atoms with Gasteiger partial charge in [0.1, 0.15) is 5.69 Å². The normalized spacial score (nSPS) is 11.7. The van der Waals surface area contributed by atoms with Crippen molar-refractivity contribution in [3.63, 3.8) is 0 Å². The van der Waals surface area contributed by atoms with Crippen molar-refractivity contribution in [1.29, 1.82) is 0 Å². The van der Waals surface area contributed by atoms with Gasteiger partial charge in [0, 0.05) is 17.6 Å². The third kappa shape index (κ3) is 3.99. The van der Waals surface area contributed by atoms with E-state index in [0.29, 0.717) is 16.4 Å². The molecule has 126 valence electrons. The van der Waals surface area contributed by atoms with Gasteiger partial charge in [0.15, 0.2) is 6.10 Å². The first-order chi connectivity index (χ1) is 11.3. The van der Waals surface area contributed by atoms with Crippen LogP contribution in [0.5, 0.6) is 5.75 Å². The Kier molecular flexibility index (Phi) is 5.35. The van der Waals surface area contributed by atoms with Gasteiger partial charge in [0.25, 0.3) is 5.91 Å². The van der Waals surface area contributed by atoms with E-state index in [0.717, 1.165) is 5.56 Å². The summed E-state index contributed by atoms with van der Waals surface area (Å²) in [6.07, 6.45) is -0.952. The van der Waals surface area contributed by atoms with Gasteiger partial charge in [-0.25, -0.2) is 0 Å². The molecule has 7 nitrogen and oxygen atoms in total. The predicted molar refractivity (Wildman–Crippen MR) is 90.5 cm³/mol. The lowest BCUT2D eigenvalue weighted by Gasteiger charge is -2.16. The molecular formula is C16H16ClN3O4. The van der Waals surface area contributed by atoms with Crippen LogP contribution in [0.2, 0.25) is 5.02 Å². The fourth-order valence-electron chi connectivity index (χ4n) is 1.97. The number of hydrogen-bond acceptors (Lipinski definition) is 5. The number of carbonyl (C=O) groups is 1. The number of rotatable bonds is 5. The summed E-state index contributed by atoms with van der Waals surface area (Å²) in [6, 6.07) is 8.14. The third-order valence-electron chi connectivity index (χ3n) is 3.35. The van der Waals surface area contributed by atoms with Gasteiger partial charge in [-0.15, -0.1) is 0 Å². The van der Waals surface area contributed by atoms with Gasteiger partial charge in [0.2, 0.25) is 5.75 Å². The van der Waals surface area contributed by atoms with Crippen LogP contribution in [0.3, 0.4) is 0 Å². The molecule has 0 fully saturated rings. The number of nitro groups is 1. The van der Waals surface area contributed by atoms with Gasteiger partial charge in [-0.2, -0.15) is 0 Å². The number of carbonyl (C=O) groups excluding carboxylic acids is 1. The van der Waals surface area contributed by atoms with E-state index in [1.54, 1.807) is 38.1 Å². The average Bonchev–Trinajstić information content (AvgIpc) is 2.53. The van der Waals surface area contributed by atoms with Crippen LogP contribution in [0, 0.1) is 24.0 Å². The molecule has 1 aromatic carbocycles. The molecule has 2 rings (SSSR count). The monoisotopic (exact) mass is 349 g/mol. The van der Waals surface area contributed by atoms with Crippen molar-refractivity contribution in [1.82, 2.24) is 4.98 Å². The first-order valence-corrected chi connectivity index (χ1v) is 7.52. The van der Waals surface area contributed by atoms with Crippen LogP contribution < -0.4 is 10.1 Å². The number of anilines is 1. The minimum atomic E-state index is -0.952. The zero-order valence-electron chi connectivity index (χ0n) is 13.4. The highest BCUT2D eigenvalue weighted by Crippen LogP contribution is 2.26. The number of aromatic nitrogens is 1. The Hall–Kier alpha value is -2.67. The Morgan fingerprint density at radius 3 is 2.71 bits per heavy atom. The highest BCUT2D eigenvalue weighted by Gasteiger charge is 2.23. The first-order valence-electron chi connectivity index (χ1n) is 7.14. The molecule has 1 N–H and O–H groups in total. The quantitative estimate of drug-likeness (QED) is 0.656. The fourth-order valence-corrected chi connectivity index (χ4v) is 2.15. The summed E-state index contributed by atoms with van der Waals surface area (Å²) < 4.78 is 5.42. The second-order valence-corrected chi connectivity index (χ2v) is 5.60. The molecule has 0 unspecified atom stereocenters. The standard InChI is InChI=1S/C16H16ClN3O4/c1-9-7-8-14(15(18-9)20(22)23)24-11(3)16(21)19-13-6-4-5-12(17)10(13)2/h4-8,11H,1-3H3,(H,19,21)/t11-/m0/s1. The van der Waals surface area contributed by atoms with Gasteiger partial charge in [-0.1, -0.05) is 17.7 Å². The number of nitrogens with one attached hydrogen (secondary N) is 1. The molecule has 0 spiro atoms. The van der Waals surface area contributed by atoms with Crippen molar-refractivity contribution < 1.29 is 14.5 Å². The van der Waals surface area contributed by atoms with Crippen LogP contribution in [0.15, 0.2) is 30.3 Å². The highest BCUT2D eigenvalue weighted by molar-refractivity contribution is 6.31. The molecule has 24 heavy (non-hydrogen) atoms. The molecule has 0 aliphatic carbocycles. The molecule has 0 saturated heterocycles. The topological polar surface area (TPSA) is 94.4 Å². The summed E-state index contributed by atoms with van der Waals surface area (Å²) in [5.74, 6) is -0.931. The van der Waals surface area contributed by atoms with Crippen molar-refractivity contribution in [3.8, 4) is 5.75 Å². The number of ether oxygens (including phenoxy) is 1. The molecule has 1 heterocycles. The smallest absolute Gasteiger partial charge is 0.406 e. The molecule has 0 saturated carbocycles. The van der Waals surface area contributed by atoms with Crippen molar-refractivity contribution in [2.75, 3.05) is 5.32 Å². The maximum atomic E-state index is 12.3. The molecule has 0 aliphatic rings. The van der Waals surface area contributed by atoms with Crippen LogP contribution in [0.1, 0.15) is 18.2 Å². The minimum Gasteiger partial charge on any atom is -0.473 e. The molecule has 1 amide bonds. The van der Waals surface area contributed by atoms with E-state index >= 15 is 0 Å². The van der Waals surface area contributed by atoms with E-state index in [9.17, 15) is 14.9 Å². The molecule has 0 aliphatic heterocycles. The number of benzene rings is 1. The summed E-state index contributed by atoms with van der Waals surface area (Å²) >= 11 is 6.01.